The van der Waals surface area contributed by atoms with Gasteiger partial charge in [-0.25, -0.2) is 0 Å². The zero-order valence-corrected chi connectivity index (χ0v) is 11.4. The molecule has 1 N–H and O–H groups in total. The minimum atomic E-state index is -2.64. The highest BCUT2D eigenvalue weighted by atomic mass is 31.2. The maximum Gasteiger partial charge on any atom is 0.196 e. The van der Waals surface area contributed by atoms with E-state index < -0.39 is 14.7 Å². The van der Waals surface area contributed by atoms with Crippen LogP contribution in [0.1, 0.15) is 21.3 Å². The molecule has 0 aromatic heterocycles. The van der Waals surface area contributed by atoms with E-state index in [0.717, 1.165) is 0 Å². The minimum Gasteiger partial charge on any atom is -0.345 e. The van der Waals surface area contributed by atoms with E-state index in [2.05, 4.69) is 4.52 Å². The van der Waals surface area contributed by atoms with Crippen molar-refractivity contribution in [3.05, 3.63) is 0 Å². The van der Waals surface area contributed by atoms with Gasteiger partial charge in [-0.15, -0.1) is 0 Å². The SMILES string of the molecule is C.CC.COP(C)(C)=O.CP(C)(=O)O. The molecule has 4 nitrogen and oxygen atoms in total. The smallest absolute Gasteiger partial charge is 0.196 e. The normalized spacial score (nSPS) is 9.71. The summed E-state index contributed by atoms with van der Waals surface area (Å²) >= 11 is 0. The predicted molar refractivity (Wildman–Crippen MR) is 66.2 cm³/mol. The molecule has 0 heterocycles. The molecule has 0 aliphatic carbocycles. The Kier molecular flexibility index (Phi) is 19.5. The van der Waals surface area contributed by atoms with E-state index in [1.807, 2.05) is 13.8 Å². The molecule has 0 aliphatic heterocycles. The average Bonchev–Trinajstić information content (AvgIpc) is 1.87. The Morgan fingerprint density at radius 3 is 1.07 bits per heavy atom. The van der Waals surface area contributed by atoms with Crippen molar-refractivity contribution in [3.63, 3.8) is 0 Å². The molecule has 14 heavy (non-hydrogen) atoms. The van der Waals surface area contributed by atoms with Crippen LogP contribution in [0.2, 0.25) is 0 Å². The number of hydrogen-bond donors (Lipinski definition) is 1. The Hall–Kier alpha value is 0.380. The molecule has 0 saturated carbocycles. The Morgan fingerprint density at radius 2 is 1.07 bits per heavy atom. The van der Waals surface area contributed by atoms with Gasteiger partial charge in [0.1, 0.15) is 0 Å². The van der Waals surface area contributed by atoms with Crippen molar-refractivity contribution in [2.24, 2.45) is 0 Å². The average molecular weight is 248 g/mol. The van der Waals surface area contributed by atoms with Crippen LogP contribution < -0.4 is 0 Å². The third-order valence-corrected chi connectivity index (χ3v) is 1.32. The summed E-state index contributed by atoms with van der Waals surface area (Å²) in [7, 11) is -3.34. The summed E-state index contributed by atoms with van der Waals surface area (Å²) < 4.78 is 24.6. The molecule has 0 rings (SSSR count). The maximum atomic E-state index is 10.4. The molecule has 6 heteroatoms. The predicted octanol–water partition coefficient (Wildman–Crippen LogP) is 3.35. The molecule has 0 fully saturated rings. The lowest BCUT2D eigenvalue weighted by Crippen LogP contribution is -1.74. The van der Waals surface area contributed by atoms with Crippen LogP contribution in [0.3, 0.4) is 0 Å². The van der Waals surface area contributed by atoms with Crippen molar-refractivity contribution in [2.45, 2.75) is 21.3 Å². The van der Waals surface area contributed by atoms with Gasteiger partial charge in [0.05, 0.1) is 0 Å². The third-order valence-electron chi connectivity index (χ3n) is 0.440. The summed E-state index contributed by atoms with van der Waals surface area (Å²) in [6.07, 6.45) is 0. The van der Waals surface area contributed by atoms with Crippen LogP contribution in [0.15, 0.2) is 0 Å². The fraction of sp³-hybridized carbons (Fsp3) is 1.00. The summed E-state index contributed by atoms with van der Waals surface area (Å²) in [6.45, 7) is 9.75. The van der Waals surface area contributed by atoms with Crippen molar-refractivity contribution in [3.8, 4) is 0 Å². The highest BCUT2D eigenvalue weighted by Crippen LogP contribution is 2.35. The molecule has 0 radical (unpaired) electrons. The van der Waals surface area contributed by atoms with Crippen LogP contribution in [-0.2, 0) is 13.7 Å². The van der Waals surface area contributed by atoms with Gasteiger partial charge in [0.15, 0.2) is 14.7 Å². The summed E-state index contributed by atoms with van der Waals surface area (Å²) in [6, 6.07) is 0. The van der Waals surface area contributed by atoms with E-state index in [4.69, 9.17) is 4.89 Å². The van der Waals surface area contributed by atoms with E-state index in [1.165, 1.54) is 20.4 Å². The van der Waals surface area contributed by atoms with Crippen molar-refractivity contribution in [2.75, 3.05) is 33.8 Å². The van der Waals surface area contributed by atoms with Gasteiger partial charge in [0, 0.05) is 33.8 Å². The van der Waals surface area contributed by atoms with Crippen molar-refractivity contribution in [1.82, 2.24) is 0 Å². The summed E-state index contributed by atoms with van der Waals surface area (Å²) in [5.74, 6) is 0. The lowest BCUT2D eigenvalue weighted by molar-refractivity contribution is 0.404. The standard InChI is InChI=1S/C3H9O2P.C2H7O2P.C2H6.CH4/c1-5-6(2,3)4;1-5(2,3)4;1-2;/h1-3H3;1-2H3,(H,3,4);1-2H3;1H4. The molecule has 0 bridgehead atoms. The van der Waals surface area contributed by atoms with E-state index in [-0.39, 0.29) is 7.43 Å². The van der Waals surface area contributed by atoms with Gasteiger partial charge in [-0.2, -0.15) is 0 Å². The molecule has 0 atom stereocenters. The van der Waals surface area contributed by atoms with Gasteiger partial charge >= 0.3 is 0 Å². The third kappa shape index (κ3) is 140. The first kappa shape index (κ1) is 23.9. The Balaban J connectivity index is -0.0000000576. The maximum absolute atomic E-state index is 10.4. The van der Waals surface area contributed by atoms with Crippen LogP contribution in [0.5, 0.6) is 0 Å². The minimum absolute atomic E-state index is 0. The van der Waals surface area contributed by atoms with Crippen molar-refractivity contribution < 1.29 is 18.5 Å². The first-order valence-electron chi connectivity index (χ1n) is 3.94. The number of rotatable bonds is 1. The zero-order chi connectivity index (χ0) is 11.7. The van der Waals surface area contributed by atoms with Gasteiger partial charge in [-0.3, -0.25) is 9.13 Å². The summed E-state index contributed by atoms with van der Waals surface area (Å²) in [5, 5.41) is 0. The summed E-state index contributed by atoms with van der Waals surface area (Å²) in [5.41, 5.74) is 0. The molecule has 0 unspecified atom stereocenters. The summed E-state index contributed by atoms with van der Waals surface area (Å²) in [4.78, 5) is 8.08. The molecule has 0 amide bonds. The van der Waals surface area contributed by atoms with Gasteiger partial charge in [0.25, 0.3) is 0 Å². The highest BCUT2D eigenvalue weighted by Gasteiger charge is 1.99. The van der Waals surface area contributed by atoms with E-state index >= 15 is 0 Å². The molecular formula is C8H26O4P2. The lowest BCUT2D eigenvalue weighted by Gasteiger charge is -1.98. The zero-order valence-electron chi connectivity index (χ0n) is 9.57. The van der Waals surface area contributed by atoms with E-state index in [9.17, 15) is 9.13 Å². The Labute approximate surface area is 89.0 Å². The second-order valence-electron chi connectivity index (χ2n) is 2.73. The fourth-order valence-corrected chi connectivity index (χ4v) is 0. The second-order valence-corrected chi connectivity index (χ2v) is 8.19. The highest BCUT2D eigenvalue weighted by molar-refractivity contribution is 7.57. The first-order chi connectivity index (χ1) is 5.56. The quantitative estimate of drug-likeness (QED) is 0.723. The fourth-order valence-electron chi connectivity index (χ4n) is 0. The molecular weight excluding hydrogens is 222 g/mol. The molecule has 0 aromatic rings. The van der Waals surface area contributed by atoms with Crippen LogP contribution in [0.25, 0.3) is 0 Å². The molecule has 0 aromatic carbocycles. The van der Waals surface area contributed by atoms with Gasteiger partial charge in [-0.1, -0.05) is 21.3 Å². The van der Waals surface area contributed by atoms with E-state index in [0.29, 0.717) is 0 Å². The number of hydrogen-bond acceptors (Lipinski definition) is 3. The van der Waals surface area contributed by atoms with Gasteiger partial charge < -0.3 is 9.42 Å². The Morgan fingerprint density at radius 1 is 1.00 bits per heavy atom. The largest absolute Gasteiger partial charge is 0.345 e. The second kappa shape index (κ2) is 11.5. The van der Waals surface area contributed by atoms with Gasteiger partial charge in [0.2, 0.25) is 0 Å². The van der Waals surface area contributed by atoms with E-state index in [1.54, 1.807) is 13.3 Å². The first-order valence-corrected chi connectivity index (χ1v) is 9.02. The molecule has 0 saturated heterocycles. The van der Waals surface area contributed by atoms with Crippen LogP contribution in [0, 0.1) is 0 Å². The Bertz CT molecular complexity index is 172. The van der Waals surface area contributed by atoms with Gasteiger partial charge in [-0.05, 0) is 0 Å². The molecule has 0 aliphatic rings. The van der Waals surface area contributed by atoms with Crippen LogP contribution in [-0.4, -0.2) is 38.7 Å². The monoisotopic (exact) mass is 248 g/mol. The van der Waals surface area contributed by atoms with Crippen molar-refractivity contribution in [1.29, 1.82) is 0 Å². The molecule has 92 valence electrons. The van der Waals surface area contributed by atoms with Crippen LogP contribution >= 0.6 is 14.7 Å². The van der Waals surface area contributed by atoms with Crippen molar-refractivity contribution >= 4 is 14.7 Å². The lowest BCUT2D eigenvalue weighted by atomic mass is 11.0. The van der Waals surface area contributed by atoms with Crippen LogP contribution in [0.4, 0.5) is 0 Å². The topological polar surface area (TPSA) is 63.6 Å². The molecule has 0 spiro atoms.